The van der Waals surface area contributed by atoms with Gasteiger partial charge in [-0.3, -0.25) is 4.79 Å². The summed E-state index contributed by atoms with van der Waals surface area (Å²) in [6.07, 6.45) is 0.763. The lowest BCUT2D eigenvalue weighted by Gasteiger charge is -2.31. The van der Waals surface area contributed by atoms with Crippen LogP contribution in [0.5, 0.6) is 0 Å². The van der Waals surface area contributed by atoms with Crippen molar-refractivity contribution >= 4 is 15.7 Å². The molecule has 0 aromatic heterocycles. The summed E-state index contributed by atoms with van der Waals surface area (Å²) >= 11 is 0. The summed E-state index contributed by atoms with van der Waals surface area (Å²) in [7, 11) is -1.94. The van der Waals surface area contributed by atoms with Crippen molar-refractivity contribution in [2.45, 2.75) is 37.6 Å². The van der Waals surface area contributed by atoms with Crippen molar-refractivity contribution in [1.82, 2.24) is 5.32 Å². The minimum Gasteiger partial charge on any atom is -0.384 e. The first-order valence-corrected chi connectivity index (χ1v) is 9.63. The standard InChI is InChI=1S/C17H28N2O4S/c1-13(2)11-17(3,12-18)19-16(20)14-5-7-15(8-6-14)24(21,22)10-9-23-4/h5-8,13H,9-12,18H2,1-4H3,(H,19,20). The first kappa shape index (κ1) is 20.6. The summed E-state index contributed by atoms with van der Waals surface area (Å²) in [4.78, 5) is 12.6. The highest BCUT2D eigenvalue weighted by molar-refractivity contribution is 7.91. The number of carbonyl (C=O) groups is 1. The zero-order valence-electron chi connectivity index (χ0n) is 14.8. The summed E-state index contributed by atoms with van der Waals surface area (Å²) in [5, 5.41) is 2.95. The molecule has 0 radical (unpaired) electrons. The van der Waals surface area contributed by atoms with Crippen LogP contribution in [0, 0.1) is 5.92 Å². The quantitative estimate of drug-likeness (QED) is 0.700. The number of sulfone groups is 1. The van der Waals surface area contributed by atoms with Crippen LogP contribution in [0.2, 0.25) is 0 Å². The van der Waals surface area contributed by atoms with Crippen LogP contribution in [0.4, 0.5) is 0 Å². The van der Waals surface area contributed by atoms with Crippen LogP contribution in [0.15, 0.2) is 29.2 Å². The van der Waals surface area contributed by atoms with Gasteiger partial charge in [0.25, 0.3) is 5.91 Å². The zero-order valence-corrected chi connectivity index (χ0v) is 15.7. The number of hydrogen-bond donors (Lipinski definition) is 2. The fourth-order valence-electron chi connectivity index (χ4n) is 2.56. The third-order valence-corrected chi connectivity index (χ3v) is 5.45. The first-order chi connectivity index (χ1) is 11.1. The van der Waals surface area contributed by atoms with Gasteiger partial charge in [-0.25, -0.2) is 8.42 Å². The molecule has 1 amide bonds. The molecule has 0 aliphatic heterocycles. The summed E-state index contributed by atoms with van der Waals surface area (Å²) < 4.78 is 28.9. The summed E-state index contributed by atoms with van der Waals surface area (Å²) in [5.41, 5.74) is 5.72. The molecular formula is C17H28N2O4S. The Kier molecular flexibility index (Phi) is 7.38. The van der Waals surface area contributed by atoms with E-state index >= 15 is 0 Å². The fourth-order valence-corrected chi connectivity index (χ4v) is 3.73. The van der Waals surface area contributed by atoms with Crippen molar-refractivity contribution in [2.24, 2.45) is 11.7 Å². The van der Waals surface area contributed by atoms with Gasteiger partial charge in [0.15, 0.2) is 9.84 Å². The van der Waals surface area contributed by atoms with Gasteiger partial charge in [0.2, 0.25) is 0 Å². The number of nitrogens with one attached hydrogen (secondary N) is 1. The molecule has 136 valence electrons. The van der Waals surface area contributed by atoms with E-state index in [0.29, 0.717) is 18.0 Å². The maximum absolute atomic E-state index is 12.4. The van der Waals surface area contributed by atoms with Crippen LogP contribution in [0.25, 0.3) is 0 Å². The number of nitrogens with two attached hydrogens (primary N) is 1. The molecule has 0 saturated heterocycles. The van der Waals surface area contributed by atoms with Crippen LogP contribution < -0.4 is 11.1 Å². The molecule has 24 heavy (non-hydrogen) atoms. The van der Waals surface area contributed by atoms with Crippen LogP contribution in [-0.4, -0.2) is 45.9 Å². The number of hydrogen-bond acceptors (Lipinski definition) is 5. The number of amides is 1. The highest BCUT2D eigenvalue weighted by atomic mass is 32.2. The molecule has 0 aliphatic carbocycles. The van der Waals surface area contributed by atoms with Crippen LogP contribution in [0.3, 0.4) is 0 Å². The van der Waals surface area contributed by atoms with E-state index in [-0.39, 0.29) is 23.2 Å². The highest BCUT2D eigenvalue weighted by Crippen LogP contribution is 2.17. The molecule has 0 aliphatic rings. The van der Waals surface area contributed by atoms with Gasteiger partial charge in [0.1, 0.15) is 0 Å². The zero-order chi connectivity index (χ0) is 18.4. The van der Waals surface area contributed by atoms with Gasteiger partial charge in [-0.1, -0.05) is 13.8 Å². The van der Waals surface area contributed by atoms with Gasteiger partial charge in [-0.05, 0) is 43.5 Å². The molecule has 3 N–H and O–H groups in total. The van der Waals surface area contributed by atoms with Crippen molar-refractivity contribution in [3.05, 3.63) is 29.8 Å². The Morgan fingerprint density at radius 1 is 1.29 bits per heavy atom. The Hall–Kier alpha value is -1.44. The van der Waals surface area contributed by atoms with E-state index in [1.807, 2.05) is 6.92 Å². The minimum absolute atomic E-state index is 0.0886. The molecule has 1 unspecified atom stereocenters. The van der Waals surface area contributed by atoms with E-state index in [4.69, 9.17) is 10.5 Å². The molecule has 0 saturated carbocycles. The molecule has 1 aromatic carbocycles. The molecule has 0 spiro atoms. The maximum Gasteiger partial charge on any atom is 0.251 e. The molecule has 1 rings (SSSR count). The number of rotatable bonds is 9. The fraction of sp³-hybridized carbons (Fsp3) is 0.588. The van der Waals surface area contributed by atoms with E-state index in [1.165, 1.54) is 31.4 Å². The second kappa shape index (κ2) is 8.60. The van der Waals surface area contributed by atoms with Gasteiger partial charge in [0, 0.05) is 24.8 Å². The monoisotopic (exact) mass is 356 g/mol. The van der Waals surface area contributed by atoms with Gasteiger partial charge >= 0.3 is 0 Å². The molecule has 6 nitrogen and oxygen atoms in total. The number of benzene rings is 1. The molecule has 1 atom stereocenters. The number of methoxy groups -OCH3 is 1. The second-order valence-corrected chi connectivity index (χ2v) is 8.76. The number of carbonyl (C=O) groups excluding carboxylic acids is 1. The van der Waals surface area contributed by atoms with Gasteiger partial charge in [-0.2, -0.15) is 0 Å². The summed E-state index contributed by atoms with van der Waals surface area (Å²) in [6, 6.07) is 5.92. The Morgan fingerprint density at radius 2 is 1.88 bits per heavy atom. The third kappa shape index (κ3) is 5.89. The first-order valence-electron chi connectivity index (χ1n) is 7.98. The molecule has 7 heteroatoms. The summed E-state index contributed by atoms with van der Waals surface area (Å²) in [5.74, 6) is 0.0471. The Labute approximate surface area is 144 Å². The lowest BCUT2D eigenvalue weighted by molar-refractivity contribution is 0.0898. The number of ether oxygens (including phenoxy) is 1. The molecule has 0 heterocycles. The van der Waals surface area contributed by atoms with Gasteiger partial charge < -0.3 is 15.8 Å². The largest absolute Gasteiger partial charge is 0.384 e. The van der Waals surface area contributed by atoms with Crippen LogP contribution in [0.1, 0.15) is 37.6 Å². The van der Waals surface area contributed by atoms with E-state index in [9.17, 15) is 13.2 Å². The van der Waals surface area contributed by atoms with E-state index < -0.39 is 15.4 Å². The molecule has 0 bridgehead atoms. The van der Waals surface area contributed by atoms with Gasteiger partial charge in [-0.15, -0.1) is 0 Å². The normalized spacial score (nSPS) is 14.4. The van der Waals surface area contributed by atoms with Crippen molar-refractivity contribution < 1.29 is 17.9 Å². The van der Waals surface area contributed by atoms with E-state index in [0.717, 1.165) is 6.42 Å². The van der Waals surface area contributed by atoms with Crippen molar-refractivity contribution in [2.75, 3.05) is 26.0 Å². The topological polar surface area (TPSA) is 98.5 Å². The Morgan fingerprint density at radius 3 is 2.33 bits per heavy atom. The van der Waals surface area contributed by atoms with Gasteiger partial charge in [0.05, 0.1) is 17.3 Å². The lowest BCUT2D eigenvalue weighted by atomic mass is 9.90. The summed E-state index contributed by atoms with van der Waals surface area (Å²) in [6.45, 7) is 6.52. The van der Waals surface area contributed by atoms with Crippen molar-refractivity contribution in [3.63, 3.8) is 0 Å². The average Bonchev–Trinajstić information content (AvgIpc) is 2.52. The Balaban J connectivity index is 2.87. The smallest absolute Gasteiger partial charge is 0.251 e. The average molecular weight is 356 g/mol. The molecular weight excluding hydrogens is 328 g/mol. The minimum atomic E-state index is -3.40. The van der Waals surface area contributed by atoms with Crippen LogP contribution >= 0.6 is 0 Å². The predicted molar refractivity (Wildman–Crippen MR) is 94.8 cm³/mol. The predicted octanol–water partition coefficient (Wildman–Crippen LogP) is 1.60. The molecule has 0 fully saturated rings. The maximum atomic E-state index is 12.4. The Bertz CT molecular complexity index is 641. The van der Waals surface area contributed by atoms with Crippen molar-refractivity contribution in [3.8, 4) is 0 Å². The highest BCUT2D eigenvalue weighted by Gasteiger charge is 2.26. The lowest BCUT2D eigenvalue weighted by Crippen LogP contribution is -2.52. The SMILES string of the molecule is COCCS(=O)(=O)c1ccc(C(=O)NC(C)(CN)CC(C)C)cc1. The molecule has 1 aromatic rings. The van der Waals surface area contributed by atoms with Crippen LogP contribution in [-0.2, 0) is 14.6 Å². The van der Waals surface area contributed by atoms with Crippen molar-refractivity contribution in [1.29, 1.82) is 0 Å². The van der Waals surface area contributed by atoms with E-state index in [1.54, 1.807) is 0 Å². The second-order valence-electron chi connectivity index (χ2n) is 6.65. The van der Waals surface area contributed by atoms with E-state index in [2.05, 4.69) is 19.2 Å². The third-order valence-electron chi connectivity index (χ3n) is 3.76.